The zero-order valence-corrected chi connectivity index (χ0v) is 15.5. The molecule has 0 aliphatic carbocycles. The molecule has 0 spiro atoms. The molecule has 1 amide bonds. The lowest BCUT2D eigenvalue weighted by atomic mass is 10.2. The van der Waals surface area contributed by atoms with E-state index in [9.17, 15) is 4.79 Å². The van der Waals surface area contributed by atoms with Gasteiger partial charge in [0.05, 0.1) is 31.5 Å². The molecule has 1 aromatic rings. The van der Waals surface area contributed by atoms with Crippen molar-refractivity contribution in [1.29, 1.82) is 0 Å². The minimum Gasteiger partial charge on any atom is -0.495 e. The Morgan fingerprint density at radius 1 is 1.12 bits per heavy atom. The zero-order valence-electron chi connectivity index (χ0n) is 14.7. The van der Waals surface area contributed by atoms with E-state index in [1.54, 1.807) is 31.3 Å². The predicted octanol–water partition coefficient (Wildman–Crippen LogP) is -0.511. The maximum absolute atomic E-state index is 12.4. The molecule has 0 aromatic heterocycles. The smallest absolute Gasteiger partial charge is 0.279 e. The minimum absolute atomic E-state index is 0.0217. The molecular weight excluding hydrogens is 330 g/mol. The van der Waals surface area contributed by atoms with E-state index in [4.69, 9.17) is 21.1 Å². The van der Waals surface area contributed by atoms with Crippen molar-refractivity contribution >= 4 is 23.2 Å². The summed E-state index contributed by atoms with van der Waals surface area (Å²) in [4.78, 5) is 15.3. The topological polar surface area (TPSA) is 56.4 Å². The van der Waals surface area contributed by atoms with Crippen LogP contribution < -0.4 is 24.6 Å². The van der Waals surface area contributed by atoms with E-state index in [-0.39, 0.29) is 5.91 Å². The fourth-order valence-electron chi connectivity index (χ4n) is 3.12. The number of nitrogens with one attached hydrogen (secondary N) is 3. The number of piperazine rings is 1. The van der Waals surface area contributed by atoms with Gasteiger partial charge in [-0.1, -0.05) is 18.5 Å². The van der Waals surface area contributed by atoms with E-state index >= 15 is 0 Å². The summed E-state index contributed by atoms with van der Waals surface area (Å²) in [6.45, 7) is 8.24. The third kappa shape index (κ3) is 5.00. The van der Waals surface area contributed by atoms with E-state index in [1.807, 2.05) is 0 Å². The summed E-state index contributed by atoms with van der Waals surface area (Å²) in [7, 11) is 3.09. The lowest BCUT2D eigenvalue weighted by Crippen LogP contribution is -3.28. The third-order valence-corrected chi connectivity index (χ3v) is 4.72. The molecule has 0 radical (unpaired) electrons. The molecule has 1 aliphatic heterocycles. The molecule has 3 N–H and O–H groups in total. The second kappa shape index (κ2) is 9.11. The van der Waals surface area contributed by atoms with Crippen LogP contribution in [0.15, 0.2) is 12.1 Å². The first-order valence-electron chi connectivity index (χ1n) is 8.45. The fraction of sp³-hybridized carbons (Fsp3) is 0.588. The van der Waals surface area contributed by atoms with Crippen LogP contribution >= 0.6 is 11.6 Å². The number of anilines is 1. The Kier molecular flexibility index (Phi) is 7.15. The molecule has 24 heavy (non-hydrogen) atoms. The van der Waals surface area contributed by atoms with Crippen molar-refractivity contribution in [3.05, 3.63) is 17.2 Å². The molecule has 1 heterocycles. The highest BCUT2D eigenvalue weighted by Crippen LogP contribution is 2.35. The Hall–Kier alpha value is -1.50. The van der Waals surface area contributed by atoms with Crippen molar-refractivity contribution in [2.45, 2.75) is 13.3 Å². The van der Waals surface area contributed by atoms with Gasteiger partial charge in [-0.15, -0.1) is 0 Å². The lowest BCUT2D eigenvalue weighted by molar-refractivity contribution is -1.01. The number of carbonyl (C=O) groups is 1. The van der Waals surface area contributed by atoms with Gasteiger partial charge in [-0.25, -0.2) is 0 Å². The van der Waals surface area contributed by atoms with Gasteiger partial charge >= 0.3 is 0 Å². The van der Waals surface area contributed by atoms with E-state index in [1.165, 1.54) is 17.9 Å². The summed E-state index contributed by atoms with van der Waals surface area (Å²) >= 11 is 6.09. The van der Waals surface area contributed by atoms with Gasteiger partial charge in [-0.05, 0) is 6.42 Å². The van der Waals surface area contributed by atoms with Crippen LogP contribution in [-0.2, 0) is 4.79 Å². The van der Waals surface area contributed by atoms with Gasteiger partial charge in [0.15, 0.2) is 6.54 Å². The Labute approximate surface area is 148 Å². The summed E-state index contributed by atoms with van der Waals surface area (Å²) in [5.41, 5.74) is 0.582. The van der Waals surface area contributed by atoms with Crippen molar-refractivity contribution < 1.29 is 24.1 Å². The van der Waals surface area contributed by atoms with Crippen molar-refractivity contribution in [2.75, 3.05) is 58.8 Å². The van der Waals surface area contributed by atoms with E-state index < -0.39 is 0 Å². The predicted molar refractivity (Wildman–Crippen MR) is 94.6 cm³/mol. The second-order valence-corrected chi connectivity index (χ2v) is 6.57. The molecule has 1 aromatic carbocycles. The van der Waals surface area contributed by atoms with Crippen LogP contribution in [0.3, 0.4) is 0 Å². The highest BCUT2D eigenvalue weighted by molar-refractivity contribution is 6.32. The number of hydrogen-bond acceptors (Lipinski definition) is 3. The molecule has 6 nitrogen and oxygen atoms in total. The van der Waals surface area contributed by atoms with Crippen molar-refractivity contribution in [2.24, 2.45) is 0 Å². The maximum atomic E-state index is 12.4. The maximum Gasteiger partial charge on any atom is 0.279 e. The quantitative estimate of drug-likeness (QED) is 0.616. The van der Waals surface area contributed by atoms with Gasteiger partial charge in [0.25, 0.3) is 5.91 Å². The van der Waals surface area contributed by atoms with Gasteiger partial charge < -0.3 is 24.6 Å². The van der Waals surface area contributed by atoms with Crippen LogP contribution in [0.1, 0.15) is 13.3 Å². The Bertz CT molecular complexity index is 560. The van der Waals surface area contributed by atoms with Crippen LogP contribution in [-0.4, -0.2) is 59.4 Å². The Balaban J connectivity index is 1.93. The van der Waals surface area contributed by atoms with Gasteiger partial charge in [-0.2, -0.15) is 0 Å². The summed E-state index contributed by atoms with van der Waals surface area (Å²) in [6.07, 6.45) is 1.21. The minimum atomic E-state index is -0.0217. The molecule has 0 saturated carbocycles. The number of carbonyl (C=O) groups excluding carboxylic acids is 1. The molecule has 134 valence electrons. The summed E-state index contributed by atoms with van der Waals surface area (Å²) < 4.78 is 10.5. The molecule has 0 atom stereocenters. The SMILES string of the molecule is CCC[NH+]1CC[NH+](CC(=O)Nc2cc(OC)c(Cl)cc2OC)CC1. The summed E-state index contributed by atoms with van der Waals surface area (Å²) in [5.74, 6) is 1.02. The van der Waals surface area contributed by atoms with Gasteiger partial charge in [0.1, 0.15) is 37.7 Å². The van der Waals surface area contributed by atoms with Crippen molar-refractivity contribution in [3.8, 4) is 11.5 Å². The molecule has 2 rings (SSSR count). The van der Waals surface area contributed by atoms with E-state index in [0.29, 0.717) is 28.8 Å². The molecule has 1 fully saturated rings. The molecule has 0 bridgehead atoms. The number of methoxy groups -OCH3 is 2. The summed E-state index contributed by atoms with van der Waals surface area (Å²) in [5, 5.41) is 3.37. The highest BCUT2D eigenvalue weighted by Gasteiger charge is 2.24. The average molecular weight is 358 g/mol. The lowest BCUT2D eigenvalue weighted by Gasteiger charge is -2.29. The largest absolute Gasteiger partial charge is 0.495 e. The number of benzene rings is 1. The number of quaternary nitrogens is 2. The monoisotopic (exact) mass is 357 g/mol. The first-order valence-corrected chi connectivity index (χ1v) is 8.83. The first-order chi connectivity index (χ1) is 11.6. The molecule has 7 heteroatoms. The molecule has 1 aliphatic rings. The van der Waals surface area contributed by atoms with Crippen LogP contribution in [0.5, 0.6) is 11.5 Å². The number of rotatable bonds is 7. The average Bonchev–Trinajstić information content (AvgIpc) is 2.58. The van der Waals surface area contributed by atoms with Gasteiger partial charge in [0.2, 0.25) is 0 Å². The molecule has 0 unspecified atom stereocenters. The third-order valence-electron chi connectivity index (χ3n) is 4.43. The molecular formula is C17H28ClN3O3+2. The van der Waals surface area contributed by atoms with Crippen LogP contribution in [0.25, 0.3) is 0 Å². The Morgan fingerprint density at radius 3 is 2.33 bits per heavy atom. The molecule has 1 saturated heterocycles. The second-order valence-electron chi connectivity index (χ2n) is 6.16. The number of halogens is 1. The number of amides is 1. The van der Waals surface area contributed by atoms with Crippen LogP contribution in [0.4, 0.5) is 5.69 Å². The fourth-order valence-corrected chi connectivity index (χ4v) is 3.35. The van der Waals surface area contributed by atoms with Crippen LogP contribution in [0, 0.1) is 0 Å². The normalized spacial score (nSPS) is 20.5. The van der Waals surface area contributed by atoms with Gasteiger partial charge in [-0.3, -0.25) is 4.79 Å². The van der Waals surface area contributed by atoms with Crippen molar-refractivity contribution in [1.82, 2.24) is 0 Å². The van der Waals surface area contributed by atoms with Crippen molar-refractivity contribution in [3.63, 3.8) is 0 Å². The van der Waals surface area contributed by atoms with E-state index in [2.05, 4.69) is 12.2 Å². The van der Waals surface area contributed by atoms with E-state index in [0.717, 1.165) is 26.2 Å². The standard InChI is InChI=1S/C17H26ClN3O3/c1-4-5-20-6-8-21(9-7-20)12-17(22)19-14-11-15(23-2)13(18)10-16(14)24-3/h10-11H,4-9,12H2,1-3H3,(H,19,22)/p+2. The first kappa shape index (κ1) is 18.8. The Morgan fingerprint density at radius 2 is 1.75 bits per heavy atom. The zero-order chi connectivity index (χ0) is 17.5. The highest BCUT2D eigenvalue weighted by atomic mass is 35.5. The summed E-state index contributed by atoms with van der Waals surface area (Å²) in [6, 6.07) is 3.34. The van der Waals surface area contributed by atoms with Gasteiger partial charge in [0, 0.05) is 12.1 Å². The number of hydrogen-bond donors (Lipinski definition) is 3. The van der Waals surface area contributed by atoms with Crippen LogP contribution in [0.2, 0.25) is 5.02 Å². The number of ether oxygens (including phenoxy) is 2.